The molecule has 3 aromatic carbocycles. The number of carbonyl (C=O) groups excluding carboxylic acids is 1. The molecule has 1 aliphatic rings. The normalized spacial score (nSPS) is 15.2. The van der Waals surface area contributed by atoms with Gasteiger partial charge in [0.15, 0.2) is 0 Å². The van der Waals surface area contributed by atoms with Gasteiger partial charge in [0.05, 0.1) is 26.4 Å². The van der Waals surface area contributed by atoms with Crippen LogP contribution in [0.15, 0.2) is 65.6 Å². The van der Waals surface area contributed by atoms with Crippen molar-refractivity contribution >= 4 is 83.7 Å². The summed E-state index contributed by atoms with van der Waals surface area (Å²) in [6.45, 7) is 0.356. The molecule has 8 nitrogen and oxygen atoms in total. The Balaban J connectivity index is 1.34. The lowest BCUT2D eigenvalue weighted by Gasteiger charge is -2.30. The maximum atomic E-state index is 12.9. The Bertz CT molecular complexity index is 1570. The first-order valence-electron chi connectivity index (χ1n) is 11.7. The Kier molecular flexibility index (Phi) is 9.37. The second kappa shape index (κ2) is 12.2. The van der Waals surface area contributed by atoms with Crippen molar-refractivity contribution in [2.45, 2.75) is 23.5 Å². The van der Waals surface area contributed by atoms with E-state index in [0.717, 1.165) is 0 Å². The number of hydrogen-bond acceptors (Lipinski definition) is 5. The van der Waals surface area contributed by atoms with Gasteiger partial charge >= 0.3 is 0 Å². The van der Waals surface area contributed by atoms with Gasteiger partial charge < -0.3 is 5.32 Å². The van der Waals surface area contributed by atoms with Crippen LogP contribution in [0.1, 0.15) is 18.4 Å². The minimum Gasteiger partial charge on any atom is -0.326 e. The summed E-state index contributed by atoms with van der Waals surface area (Å²) in [6.07, 6.45) is 0.663. The van der Waals surface area contributed by atoms with Crippen LogP contribution in [0.4, 0.5) is 11.4 Å². The molecular formula is C25H23Cl4N3O5S2. The number of piperidine rings is 1. The summed E-state index contributed by atoms with van der Waals surface area (Å²) in [5, 5.41) is 3.62. The lowest BCUT2D eigenvalue weighted by atomic mass is 9.97. The van der Waals surface area contributed by atoms with Gasteiger partial charge in [0.1, 0.15) is 0 Å². The molecule has 1 amide bonds. The Morgan fingerprint density at radius 1 is 0.821 bits per heavy atom. The lowest BCUT2D eigenvalue weighted by molar-refractivity contribution is -0.120. The van der Waals surface area contributed by atoms with E-state index in [1.165, 1.54) is 34.6 Å². The quantitative estimate of drug-likeness (QED) is 0.298. The first-order chi connectivity index (χ1) is 18.4. The number of sulfonamides is 2. The van der Waals surface area contributed by atoms with Crippen LogP contribution in [0.5, 0.6) is 0 Å². The fraction of sp³-hybridized carbons (Fsp3) is 0.240. The third-order valence-corrected chi connectivity index (χ3v) is 10.9. The van der Waals surface area contributed by atoms with Crippen molar-refractivity contribution in [1.82, 2.24) is 4.31 Å². The van der Waals surface area contributed by atoms with E-state index in [2.05, 4.69) is 10.0 Å². The van der Waals surface area contributed by atoms with Crippen LogP contribution in [-0.4, -0.2) is 40.1 Å². The largest absolute Gasteiger partial charge is 0.326 e. The molecule has 0 aliphatic carbocycles. The van der Waals surface area contributed by atoms with Crippen molar-refractivity contribution in [2.24, 2.45) is 5.92 Å². The van der Waals surface area contributed by atoms with Crippen LogP contribution in [-0.2, 0) is 30.6 Å². The van der Waals surface area contributed by atoms with Crippen molar-refractivity contribution in [3.05, 3.63) is 86.3 Å². The number of nitrogens with one attached hydrogen (secondary N) is 2. The van der Waals surface area contributed by atoms with Gasteiger partial charge in [0, 0.05) is 40.3 Å². The molecule has 2 N–H and O–H groups in total. The molecule has 0 atom stereocenters. The van der Waals surface area contributed by atoms with Crippen LogP contribution >= 0.6 is 46.4 Å². The van der Waals surface area contributed by atoms with Crippen molar-refractivity contribution in [2.75, 3.05) is 23.1 Å². The molecule has 39 heavy (non-hydrogen) atoms. The first kappa shape index (κ1) is 29.9. The van der Waals surface area contributed by atoms with Gasteiger partial charge in [-0.25, -0.2) is 21.1 Å². The average molecular weight is 651 g/mol. The number of nitrogens with zero attached hydrogens (tertiary/aromatic N) is 1. The summed E-state index contributed by atoms with van der Waals surface area (Å²) in [5.74, 6) is -1.01. The van der Waals surface area contributed by atoms with Crippen LogP contribution in [0, 0.1) is 5.92 Å². The van der Waals surface area contributed by atoms with Crippen LogP contribution in [0.3, 0.4) is 0 Å². The fourth-order valence-electron chi connectivity index (χ4n) is 4.09. The minimum absolute atomic E-state index is 0.0336. The number of rotatable bonds is 8. The van der Waals surface area contributed by atoms with E-state index in [1.807, 2.05) is 0 Å². The summed E-state index contributed by atoms with van der Waals surface area (Å²) < 4.78 is 55.1. The Labute approximate surface area is 247 Å². The summed E-state index contributed by atoms with van der Waals surface area (Å²) >= 11 is 24.3. The van der Waals surface area contributed by atoms with Gasteiger partial charge in [-0.3, -0.25) is 9.52 Å². The molecule has 3 aromatic rings. The molecule has 0 saturated carbocycles. The SMILES string of the molecule is O=C(Nc1ccc(S(=O)(=O)Nc2cccc(Cl)c2Cl)cc1)C1CCN(S(=O)(=O)Cc2c(Cl)cccc2Cl)CC1. The molecule has 0 spiro atoms. The van der Waals surface area contributed by atoms with Crippen molar-refractivity contribution in [3.8, 4) is 0 Å². The highest BCUT2D eigenvalue weighted by Crippen LogP contribution is 2.32. The van der Waals surface area contributed by atoms with Crippen LogP contribution in [0.25, 0.3) is 0 Å². The van der Waals surface area contributed by atoms with Crippen molar-refractivity contribution < 1.29 is 21.6 Å². The first-order valence-corrected chi connectivity index (χ1v) is 16.3. The number of hydrogen-bond donors (Lipinski definition) is 2. The highest BCUT2D eigenvalue weighted by molar-refractivity contribution is 7.92. The number of anilines is 2. The summed E-state index contributed by atoms with van der Waals surface area (Å²) in [5.41, 5.74) is 0.894. The molecule has 1 aliphatic heterocycles. The number of amides is 1. The Morgan fingerprint density at radius 2 is 1.38 bits per heavy atom. The van der Waals surface area contributed by atoms with Crippen LogP contribution in [0.2, 0.25) is 20.1 Å². The monoisotopic (exact) mass is 649 g/mol. The predicted molar refractivity (Wildman–Crippen MR) is 156 cm³/mol. The molecule has 0 unspecified atom stereocenters. The fourth-order valence-corrected chi connectivity index (χ4v) is 7.88. The van der Waals surface area contributed by atoms with Gasteiger partial charge in [-0.15, -0.1) is 0 Å². The topological polar surface area (TPSA) is 113 Å². The zero-order chi connectivity index (χ0) is 28.4. The zero-order valence-corrected chi connectivity index (χ0v) is 24.9. The molecule has 0 bridgehead atoms. The van der Waals surface area contributed by atoms with E-state index in [0.29, 0.717) is 24.1 Å². The summed E-state index contributed by atoms with van der Waals surface area (Å²) in [6, 6.07) is 15.1. The molecule has 1 saturated heterocycles. The molecule has 208 valence electrons. The minimum atomic E-state index is -3.95. The Morgan fingerprint density at radius 3 is 2.00 bits per heavy atom. The number of halogens is 4. The molecule has 4 rings (SSSR count). The highest BCUT2D eigenvalue weighted by Gasteiger charge is 2.32. The summed E-state index contributed by atoms with van der Waals surface area (Å²) in [4.78, 5) is 12.8. The standard InChI is InChI=1S/C25H23Cl4N3O5S2/c26-20-3-1-4-21(27)19(20)15-38(34,35)32-13-11-16(12-14-32)25(33)30-17-7-9-18(10-8-17)39(36,37)31-23-6-2-5-22(28)24(23)29/h1-10,16,31H,11-15H2,(H,30,33). The van der Waals surface area contributed by atoms with E-state index < -0.39 is 26.0 Å². The Hall–Kier alpha value is -2.05. The van der Waals surface area contributed by atoms with E-state index >= 15 is 0 Å². The maximum absolute atomic E-state index is 12.9. The molecule has 1 heterocycles. The van der Waals surface area contributed by atoms with Gasteiger partial charge in [0.25, 0.3) is 10.0 Å². The number of benzene rings is 3. The van der Waals surface area contributed by atoms with Gasteiger partial charge in [0.2, 0.25) is 15.9 Å². The summed E-state index contributed by atoms with van der Waals surface area (Å²) in [7, 11) is -7.63. The second-order valence-corrected chi connectivity index (χ2v) is 14.1. The van der Waals surface area contributed by atoms with E-state index in [9.17, 15) is 21.6 Å². The zero-order valence-electron chi connectivity index (χ0n) is 20.2. The maximum Gasteiger partial charge on any atom is 0.261 e. The highest BCUT2D eigenvalue weighted by atomic mass is 35.5. The second-order valence-electron chi connectivity index (χ2n) is 8.85. The molecule has 0 aromatic heterocycles. The third-order valence-electron chi connectivity index (χ3n) is 6.23. The van der Waals surface area contributed by atoms with Gasteiger partial charge in [-0.1, -0.05) is 58.5 Å². The number of carbonyl (C=O) groups is 1. The van der Waals surface area contributed by atoms with Gasteiger partial charge in [-0.05, 0) is 61.4 Å². The molecule has 1 fully saturated rings. The smallest absolute Gasteiger partial charge is 0.261 e. The van der Waals surface area contributed by atoms with Crippen molar-refractivity contribution in [1.29, 1.82) is 0 Å². The average Bonchev–Trinajstić information content (AvgIpc) is 2.89. The molecule has 14 heteroatoms. The van der Waals surface area contributed by atoms with Gasteiger partial charge in [-0.2, -0.15) is 0 Å². The van der Waals surface area contributed by atoms with Crippen LogP contribution < -0.4 is 10.0 Å². The van der Waals surface area contributed by atoms with Crippen molar-refractivity contribution in [3.63, 3.8) is 0 Å². The van der Waals surface area contributed by atoms with E-state index in [4.69, 9.17) is 46.4 Å². The molecule has 0 radical (unpaired) electrons. The van der Waals surface area contributed by atoms with E-state index in [1.54, 1.807) is 30.3 Å². The molecular weight excluding hydrogens is 628 g/mol. The predicted octanol–water partition coefficient (Wildman–Crippen LogP) is 6.28. The van der Waals surface area contributed by atoms with E-state index in [-0.39, 0.29) is 55.4 Å². The third kappa shape index (κ3) is 7.18. The lowest BCUT2D eigenvalue weighted by Crippen LogP contribution is -2.42.